The standard InChI is InChI=1S/C10H8BrNO4/c11-6-8(10(13)14)4-7-2-1-3-9(5-7)12(15)16/h1-5H,6H2,(H,13,14)/b8-4+. The molecule has 0 aliphatic rings. The van der Waals surface area contributed by atoms with Crippen molar-refractivity contribution in [2.45, 2.75) is 0 Å². The average Bonchev–Trinajstić information content (AvgIpc) is 2.25. The summed E-state index contributed by atoms with van der Waals surface area (Å²) in [7, 11) is 0. The predicted octanol–water partition coefficient (Wildman–Crippen LogP) is 2.46. The van der Waals surface area contributed by atoms with Gasteiger partial charge >= 0.3 is 5.97 Å². The van der Waals surface area contributed by atoms with E-state index in [1.165, 1.54) is 24.3 Å². The molecule has 0 spiro atoms. The first kappa shape index (κ1) is 12.4. The minimum atomic E-state index is -1.05. The van der Waals surface area contributed by atoms with Gasteiger partial charge in [0.25, 0.3) is 5.69 Å². The van der Waals surface area contributed by atoms with Crippen LogP contribution in [0.5, 0.6) is 0 Å². The Bertz CT molecular complexity index is 456. The molecule has 5 nitrogen and oxygen atoms in total. The summed E-state index contributed by atoms with van der Waals surface area (Å²) < 4.78 is 0. The molecule has 1 N–H and O–H groups in total. The Morgan fingerprint density at radius 1 is 1.56 bits per heavy atom. The number of nitro benzene ring substituents is 1. The van der Waals surface area contributed by atoms with Crippen LogP contribution in [0.2, 0.25) is 0 Å². The fourth-order valence-corrected chi connectivity index (χ4v) is 1.49. The minimum Gasteiger partial charge on any atom is -0.478 e. The molecule has 0 unspecified atom stereocenters. The number of non-ortho nitro benzene ring substituents is 1. The third kappa shape index (κ3) is 3.16. The van der Waals surface area contributed by atoms with Crippen molar-refractivity contribution in [1.29, 1.82) is 0 Å². The number of nitro groups is 1. The smallest absolute Gasteiger partial charge is 0.332 e. The van der Waals surface area contributed by atoms with Crippen LogP contribution in [0.25, 0.3) is 6.08 Å². The van der Waals surface area contributed by atoms with E-state index in [0.29, 0.717) is 5.56 Å². The molecule has 0 saturated carbocycles. The monoisotopic (exact) mass is 285 g/mol. The number of nitrogens with zero attached hydrogens (tertiary/aromatic N) is 1. The summed E-state index contributed by atoms with van der Waals surface area (Å²) in [5.41, 5.74) is 0.569. The highest BCUT2D eigenvalue weighted by molar-refractivity contribution is 9.09. The van der Waals surface area contributed by atoms with Crippen LogP contribution >= 0.6 is 15.9 Å². The molecular weight excluding hydrogens is 278 g/mol. The maximum absolute atomic E-state index is 10.7. The fourth-order valence-electron chi connectivity index (χ4n) is 1.09. The predicted molar refractivity (Wildman–Crippen MR) is 62.5 cm³/mol. The molecule has 0 fully saturated rings. The van der Waals surface area contributed by atoms with Gasteiger partial charge in [-0.2, -0.15) is 0 Å². The van der Waals surface area contributed by atoms with Gasteiger partial charge in [0.15, 0.2) is 0 Å². The fraction of sp³-hybridized carbons (Fsp3) is 0.100. The molecule has 0 bridgehead atoms. The molecule has 0 radical (unpaired) electrons. The van der Waals surface area contributed by atoms with Crippen LogP contribution in [-0.4, -0.2) is 21.3 Å². The Labute approximate surface area is 99.7 Å². The topological polar surface area (TPSA) is 80.4 Å². The van der Waals surface area contributed by atoms with Gasteiger partial charge in [-0.15, -0.1) is 0 Å². The van der Waals surface area contributed by atoms with E-state index in [4.69, 9.17) is 5.11 Å². The van der Waals surface area contributed by atoms with Crippen LogP contribution in [-0.2, 0) is 4.79 Å². The second kappa shape index (κ2) is 5.41. The second-order valence-corrected chi connectivity index (χ2v) is 3.52. The molecule has 1 aromatic rings. The number of aliphatic carboxylic acids is 1. The number of halogens is 1. The van der Waals surface area contributed by atoms with Gasteiger partial charge in [-0.25, -0.2) is 4.79 Å². The summed E-state index contributed by atoms with van der Waals surface area (Å²) >= 11 is 3.04. The zero-order valence-corrected chi connectivity index (χ0v) is 9.68. The third-order valence-electron chi connectivity index (χ3n) is 1.84. The van der Waals surface area contributed by atoms with Crippen molar-refractivity contribution in [3.63, 3.8) is 0 Å². The number of hydrogen-bond acceptors (Lipinski definition) is 3. The summed E-state index contributed by atoms with van der Waals surface area (Å²) in [5.74, 6) is -1.05. The van der Waals surface area contributed by atoms with Crippen LogP contribution < -0.4 is 0 Å². The van der Waals surface area contributed by atoms with E-state index in [1.54, 1.807) is 6.07 Å². The average molecular weight is 286 g/mol. The lowest BCUT2D eigenvalue weighted by Gasteiger charge is -1.98. The quantitative estimate of drug-likeness (QED) is 0.399. The maximum Gasteiger partial charge on any atom is 0.332 e. The molecule has 6 heteroatoms. The Morgan fingerprint density at radius 2 is 2.25 bits per heavy atom. The van der Waals surface area contributed by atoms with E-state index in [1.807, 2.05) is 0 Å². The maximum atomic E-state index is 10.7. The summed E-state index contributed by atoms with van der Waals surface area (Å²) in [5, 5.41) is 19.5. The molecule has 0 aliphatic heterocycles. The first-order chi connectivity index (χ1) is 7.54. The molecule has 0 aliphatic carbocycles. The van der Waals surface area contributed by atoms with Crippen LogP contribution in [0.15, 0.2) is 29.8 Å². The molecule has 16 heavy (non-hydrogen) atoms. The zero-order valence-electron chi connectivity index (χ0n) is 8.09. The first-order valence-electron chi connectivity index (χ1n) is 4.29. The number of alkyl halides is 1. The number of carboxylic acids is 1. The van der Waals surface area contributed by atoms with Gasteiger partial charge in [0.1, 0.15) is 0 Å². The largest absolute Gasteiger partial charge is 0.478 e. The Hall–Kier alpha value is -1.69. The van der Waals surface area contributed by atoms with Gasteiger partial charge in [-0.05, 0) is 11.6 Å². The summed E-state index contributed by atoms with van der Waals surface area (Å²) in [6.45, 7) is 0. The highest BCUT2D eigenvalue weighted by Gasteiger charge is 2.08. The lowest BCUT2D eigenvalue weighted by molar-refractivity contribution is -0.384. The lowest BCUT2D eigenvalue weighted by Crippen LogP contribution is -2.01. The van der Waals surface area contributed by atoms with Crippen LogP contribution in [0.4, 0.5) is 5.69 Å². The van der Waals surface area contributed by atoms with Crippen molar-refractivity contribution >= 4 is 33.7 Å². The zero-order chi connectivity index (χ0) is 12.1. The Kier molecular flexibility index (Phi) is 4.19. The third-order valence-corrected chi connectivity index (χ3v) is 2.44. The highest BCUT2D eigenvalue weighted by atomic mass is 79.9. The summed E-state index contributed by atoms with van der Waals surface area (Å²) in [6.07, 6.45) is 1.39. The number of carboxylic acid groups (broad SMARTS) is 1. The van der Waals surface area contributed by atoms with E-state index in [0.717, 1.165) is 0 Å². The van der Waals surface area contributed by atoms with Crippen molar-refractivity contribution in [2.24, 2.45) is 0 Å². The van der Waals surface area contributed by atoms with Crippen molar-refractivity contribution in [1.82, 2.24) is 0 Å². The Balaban J connectivity index is 3.09. The lowest BCUT2D eigenvalue weighted by atomic mass is 10.1. The van der Waals surface area contributed by atoms with Gasteiger partial charge in [-0.3, -0.25) is 10.1 Å². The number of hydrogen-bond donors (Lipinski definition) is 1. The van der Waals surface area contributed by atoms with E-state index >= 15 is 0 Å². The summed E-state index contributed by atoms with van der Waals surface area (Å²) in [4.78, 5) is 20.7. The Morgan fingerprint density at radius 3 is 2.75 bits per heavy atom. The van der Waals surface area contributed by atoms with E-state index < -0.39 is 10.9 Å². The molecule has 0 aromatic heterocycles. The van der Waals surface area contributed by atoms with Gasteiger partial charge in [0.05, 0.1) is 4.92 Å². The van der Waals surface area contributed by atoms with Gasteiger partial charge < -0.3 is 5.11 Å². The van der Waals surface area contributed by atoms with Crippen LogP contribution in [0, 0.1) is 10.1 Å². The molecule has 0 atom stereocenters. The van der Waals surface area contributed by atoms with Crippen molar-refractivity contribution in [2.75, 3.05) is 5.33 Å². The van der Waals surface area contributed by atoms with E-state index in [-0.39, 0.29) is 16.6 Å². The molecule has 0 amide bonds. The number of carbonyl (C=O) groups is 1. The molecule has 0 saturated heterocycles. The number of rotatable bonds is 4. The second-order valence-electron chi connectivity index (χ2n) is 2.96. The van der Waals surface area contributed by atoms with Crippen molar-refractivity contribution in [3.05, 3.63) is 45.5 Å². The summed E-state index contributed by atoms with van der Waals surface area (Å²) in [6, 6.07) is 5.80. The SMILES string of the molecule is O=C(O)/C(=C/c1cccc([N+](=O)[O-])c1)CBr. The normalized spacial score (nSPS) is 11.2. The van der Waals surface area contributed by atoms with Crippen LogP contribution in [0.1, 0.15) is 5.56 Å². The minimum absolute atomic E-state index is 0.0620. The van der Waals surface area contributed by atoms with Crippen molar-refractivity contribution < 1.29 is 14.8 Å². The van der Waals surface area contributed by atoms with Crippen molar-refractivity contribution in [3.8, 4) is 0 Å². The van der Waals surface area contributed by atoms with Gasteiger partial charge in [-0.1, -0.05) is 28.1 Å². The molecule has 84 valence electrons. The van der Waals surface area contributed by atoms with E-state index in [2.05, 4.69) is 15.9 Å². The van der Waals surface area contributed by atoms with E-state index in [9.17, 15) is 14.9 Å². The first-order valence-corrected chi connectivity index (χ1v) is 5.41. The van der Waals surface area contributed by atoms with Gasteiger partial charge in [0, 0.05) is 23.0 Å². The molecular formula is C10H8BrNO4. The molecule has 1 rings (SSSR count). The molecule has 1 aromatic carbocycles. The molecule has 0 heterocycles. The van der Waals surface area contributed by atoms with Gasteiger partial charge in [0.2, 0.25) is 0 Å². The van der Waals surface area contributed by atoms with Crippen LogP contribution in [0.3, 0.4) is 0 Å². The number of benzene rings is 1. The highest BCUT2D eigenvalue weighted by Crippen LogP contribution is 2.16.